The molecule has 7 heteroatoms. The van der Waals surface area contributed by atoms with Crippen LogP contribution in [0.5, 0.6) is 0 Å². The number of esters is 1. The Morgan fingerprint density at radius 3 is 2.96 bits per heavy atom. The van der Waals surface area contributed by atoms with Gasteiger partial charge in [-0.3, -0.25) is 0 Å². The first kappa shape index (κ1) is 17.5. The maximum absolute atomic E-state index is 12.6. The number of carbonyl (C=O) groups excluding carboxylic acids is 2. The van der Waals surface area contributed by atoms with Crippen LogP contribution >= 0.6 is 0 Å². The zero-order valence-corrected chi connectivity index (χ0v) is 14.8. The second-order valence-corrected chi connectivity index (χ2v) is 6.64. The van der Waals surface area contributed by atoms with Crippen LogP contribution in [-0.4, -0.2) is 37.7 Å². The van der Waals surface area contributed by atoms with E-state index in [9.17, 15) is 9.59 Å². The van der Waals surface area contributed by atoms with E-state index >= 15 is 0 Å². The van der Waals surface area contributed by atoms with Crippen LogP contribution in [0.25, 0.3) is 0 Å². The minimum absolute atomic E-state index is 0.279. The number of hydrogen-bond acceptors (Lipinski definition) is 4. The number of amides is 2. The third-order valence-corrected chi connectivity index (χ3v) is 4.96. The summed E-state index contributed by atoms with van der Waals surface area (Å²) in [6.45, 7) is 5.90. The van der Waals surface area contributed by atoms with Gasteiger partial charge in [0.15, 0.2) is 0 Å². The van der Waals surface area contributed by atoms with E-state index in [0.717, 1.165) is 19.4 Å². The van der Waals surface area contributed by atoms with E-state index in [0.29, 0.717) is 29.6 Å². The first-order valence-electron chi connectivity index (χ1n) is 8.95. The summed E-state index contributed by atoms with van der Waals surface area (Å²) < 4.78 is 10.7. The number of carbonyl (C=O) groups is 2. The average Bonchev–Trinajstić information content (AvgIpc) is 3.11. The van der Waals surface area contributed by atoms with Crippen LogP contribution in [0.4, 0.5) is 4.79 Å². The van der Waals surface area contributed by atoms with Gasteiger partial charge in [-0.2, -0.15) is 0 Å². The highest BCUT2D eigenvalue weighted by Crippen LogP contribution is 2.27. The molecule has 1 aromatic heterocycles. The lowest BCUT2D eigenvalue weighted by molar-refractivity contribution is -0.924. The summed E-state index contributed by atoms with van der Waals surface area (Å²) in [5.74, 6) is 0.104. The quantitative estimate of drug-likeness (QED) is 0.691. The Labute approximate surface area is 147 Å². The van der Waals surface area contributed by atoms with Gasteiger partial charge in [0.05, 0.1) is 36.7 Å². The second-order valence-electron chi connectivity index (χ2n) is 6.64. The molecule has 2 aliphatic heterocycles. The van der Waals surface area contributed by atoms with Gasteiger partial charge in [-0.15, -0.1) is 0 Å². The molecule has 3 heterocycles. The Kier molecular flexibility index (Phi) is 5.43. The van der Waals surface area contributed by atoms with E-state index in [4.69, 9.17) is 9.15 Å². The standard InChI is InChI=1S/C18H25N3O4/c1-3-24-17(22)15-13(11-21-9-5-4-7-12(21)2)19-18(23)20-16(15)14-8-6-10-25-14/h6,8,10,12,16H,3-5,7,9,11H2,1-2H3,(H2,19,20,23)/p+1/t12-,16-/m0/s1. The number of rotatable bonds is 5. The van der Waals surface area contributed by atoms with E-state index in [-0.39, 0.29) is 12.6 Å². The maximum atomic E-state index is 12.6. The fraction of sp³-hybridized carbons (Fsp3) is 0.556. The summed E-state index contributed by atoms with van der Waals surface area (Å²) in [5, 5.41) is 5.61. The highest BCUT2D eigenvalue weighted by atomic mass is 16.5. The van der Waals surface area contributed by atoms with Crippen molar-refractivity contribution in [3.05, 3.63) is 35.4 Å². The van der Waals surface area contributed by atoms with E-state index < -0.39 is 12.0 Å². The molecule has 0 aromatic carbocycles. The van der Waals surface area contributed by atoms with Crippen molar-refractivity contribution in [1.29, 1.82) is 0 Å². The summed E-state index contributed by atoms with van der Waals surface area (Å²) >= 11 is 0. The average molecular weight is 348 g/mol. The van der Waals surface area contributed by atoms with Crippen LogP contribution in [-0.2, 0) is 9.53 Å². The molecular formula is C18H26N3O4+. The molecule has 2 amide bonds. The fourth-order valence-electron chi connectivity index (χ4n) is 3.62. The van der Waals surface area contributed by atoms with Crippen molar-refractivity contribution in [3.8, 4) is 0 Å². The molecule has 3 rings (SSSR count). The number of likely N-dealkylation sites (tertiary alicyclic amines) is 1. The maximum Gasteiger partial charge on any atom is 0.338 e. The third-order valence-electron chi connectivity index (χ3n) is 4.96. The Bertz CT molecular complexity index is 653. The molecule has 3 atom stereocenters. The molecule has 7 nitrogen and oxygen atoms in total. The number of nitrogens with one attached hydrogen (secondary N) is 3. The van der Waals surface area contributed by atoms with Gasteiger partial charge in [-0.05, 0) is 45.2 Å². The van der Waals surface area contributed by atoms with Crippen LogP contribution in [0.1, 0.15) is 44.9 Å². The van der Waals surface area contributed by atoms with Crippen LogP contribution in [0, 0.1) is 0 Å². The predicted molar refractivity (Wildman–Crippen MR) is 90.8 cm³/mol. The third kappa shape index (κ3) is 3.87. The smallest absolute Gasteiger partial charge is 0.338 e. The number of furan rings is 1. The number of hydrogen-bond donors (Lipinski definition) is 3. The molecule has 1 fully saturated rings. The van der Waals surface area contributed by atoms with Gasteiger partial charge in [0.25, 0.3) is 0 Å². The largest absolute Gasteiger partial charge is 0.467 e. The van der Waals surface area contributed by atoms with Crippen LogP contribution in [0.15, 0.2) is 34.1 Å². The summed E-state index contributed by atoms with van der Waals surface area (Å²) in [4.78, 5) is 26.2. The minimum Gasteiger partial charge on any atom is -0.467 e. The van der Waals surface area contributed by atoms with Gasteiger partial charge in [0.1, 0.15) is 18.3 Å². The van der Waals surface area contributed by atoms with E-state index in [1.54, 1.807) is 19.1 Å². The van der Waals surface area contributed by atoms with Crippen molar-refractivity contribution >= 4 is 12.0 Å². The molecule has 25 heavy (non-hydrogen) atoms. The molecular weight excluding hydrogens is 322 g/mol. The second kappa shape index (κ2) is 7.74. The first-order valence-corrected chi connectivity index (χ1v) is 8.95. The van der Waals surface area contributed by atoms with Gasteiger partial charge in [-0.25, -0.2) is 9.59 Å². The highest BCUT2D eigenvalue weighted by molar-refractivity contribution is 5.95. The summed E-state index contributed by atoms with van der Waals surface area (Å²) in [6, 6.07) is 3.04. The van der Waals surface area contributed by atoms with Crippen molar-refractivity contribution in [2.75, 3.05) is 19.7 Å². The number of piperidine rings is 1. The lowest BCUT2D eigenvalue weighted by atomic mass is 9.98. The molecule has 0 aliphatic carbocycles. The van der Waals surface area contributed by atoms with Gasteiger partial charge in [0.2, 0.25) is 0 Å². The Hall–Kier alpha value is -2.28. The monoisotopic (exact) mass is 348 g/mol. The van der Waals surface area contributed by atoms with Crippen molar-refractivity contribution in [2.24, 2.45) is 0 Å². The number of quaternary nitrogens is 1. The number of urea groups is 1. The normalized spacial score (nSPS) is 26.8. The van der Waals surface area contributed by atoms with Gasteiger partial charge in [-0.1, -0.05) is 0 Å². The van der Waals surface area contributed by atoms with Gasteiger partial charge < -0.3 is 24.7 Å². The molecule has 0 spiro atoms. The lowest BCUT2D eigenvalue weighted by Gasteiger charge is -2.34. The Balaban J connectivity index is 1.95. The molecule has 136 valence electrons. The van der Waals surface area contributed by atoms with Crippen molar-refractivity contribution < 1.29 is 23.6 Å². The van der Waals surface area contributed by atoms with Crippen molar-refractivity contribution in [1.82, 2.24) is 10.6 Å². The Morgan fingerprint density at radius 2 is 2.28 bits per heavy atom. The molecule has 1 unspecified atom stereocenters. The van der Waals surface area contributed by atoms with Gasteiger partial charge in [0, 0.05) is 0 Å². The number of ether oxygens (including phenoxy) is 1. The zero-order valence-electron chi connectivity index (χ0n) is 14.8. The Morgan fingerprint density at radius 1 is 1.44 bits per heavy atom. The first-order chi connectivity index (χ1) is 12.1. The van der Waals surface area contributed by atoms with Crippen LogP contribution in [0.2, 0.25) is 0 Å². The topological polar surface area (TPSA) is 85.0 Å². The molecule has 2 aliphatic rings. The molecule has 0 saturated carbocycles. The van der Waals surface area contributed by atoms with E-state index in [1.165, 1.54) is 17.6 Å². The summed E-state index contributed by atoms with van der Waals surface area (Å²) in [5.41, 5.74) is 1.06. The van der Waals surface area contributed by atoms with E-state index in [2.05, 4.69) is 17.6 Å². The molecule has 1 saturated heterocycles. The van der Waals surface area contributed by atoms with Crippen molar-refractivity contribution in [2.45, 2.75) is 45.2 Å². The fourth-order valence-corrected chi connectivity index (χ4v) is 3.62. The molecule has 0 bridgehead atoms. The minimum atomic E-state index is -0.628. The highest BCUT2D eigenvalue weighted by Gasteiger charge is 2.37. The predicted octanol–water partition coefficient (Wildman–Crippen LogP) is 0.908. The van der Waals surface area contributed by atoms with Crippen LogP contribution in [0.3, 0.4) is 0 Å². The van der Waals surface area contributed by atoms with Gasteiger partial charge >= 0.3 is 12.0 Å². The SMILES string of the molecule is CCOC(=O)C1=C(C[NH+]2CCCC[C@@H]2C)NC(=O)N[C@H]1c1ccco1. The summed E-state index contributed by atoms with van der Waals surface area (Å²) in [7, 11) is 0. The molecule has 0 radical (unpaired) electrons. The molecule has 1 aromatic rings. The van der Waals surface area contributed by atoms with Crippen LogP contribution < -0.4 is 15.5 Å². The molecule has 3 N–H and O–H groups in total. The summed E-state index contributed by atoms with van der Waals surface area (Å²) in [6.07, 6.45) is 5.09. The zero-order chi connectivity index (χ0) is 17.8. The van der Waals surface area contributed by atoms with E-state index in [1.807, 2.05) is 0 Å². The lowest BCUT2D eigenvalue weighted by Crippen LogP contribution is -3.16. The van der Waals surface area contributed by atoms with Crippen molar-refractivity contribution in [3.63, 3.8) is 0 Å².